The summed E-state index contributed by atoms with van der Waals surface area (Å²) in [5.41, 5.74) is 2.16. The number of carbonyl (C=O) groups is 1. The fraction of sp³-hybridized carbons (Fsp3) is 0.500. The Hall–Kier alpha value is -2.30. The number of amides is 2. The highest BCUT2D eigenvalue weighted by atomic mass is 16.2. The van der Waals surface area contributed by atoms with Crippen LogP contribution in [0, 0.1) is 0 Å². The summed E-state index contributed by atoms with van der Waals surface area (Å²) in [4.78, 5) is 16.4. The third-order valence-electron chi connectivity index (χ3n) is 4.98. The number of hydrogen-bond acceptors (Lipinski definition) is 2. The number of benzene rings is 1. The molecule has 1 atom stereocenters. The number of urea groups is 1. The van der Waals surface area contributed by atoms with Gasteiger partial charge in [-0.1, -0.05) is 44.2 Å². The molecule has 25 heavy (non-hydrogen) atoms. The summed E-state index contributed by atoms with van der Waals surface area (Å²) in [5.74, 6) is 0. The largest absolute Gasteiger partial charge is 0.335 e. The molecule has 1 aromatic carbocycles. The van der Waals surface area contributed by atoms with Crippen LogP contribution >= 0.6 is 0 Å². The van der Waals surface area contributed by atoms with E-state index in [2.05, 4.69) is 27.8 Å². The fourth-order valence-electron chi connectivity index (χ4n) is 3.45. The normalized spacial score (nSPS) is 17.3. The number of nitrogens with zero attached hydrogens (tertiary/aromatic N) is 2. The molecule has 5 heteroatoms. The van der Waals surface area contributed by atoms with Crippen molar-refractivity contribution in [3.8, 4) is 5.69 Å². The Morgan fingerprint density at radius 3 is 2.44 bits per heavy atom. The van der Waals surface area contributed by atoms with Crippen LogP contribution in [0.5, 0.6) is 0 Å². The molecule has 134 valence electrons. The molecule has 1 unspecified atom stereocenters. The van der Waals surface area contributed by atoms with Crippen LogP contribution in [0.2, 0.25) is 0 Å². The molecule has 1 heterocycles. The minimum absolute atomic E-state index is 0.0228. The number of imidazole rings is 1. The Morgan fingerprint density at radius 2 is 1.80 bits per heavy atom. The average Bonchev–Trinajstić information content (AvgIpc) is 3.12. The SMILES string of the molecule is CC(NC(=O)NC1CCCCCCC1)c1ccc(-n2ccnc2)cc1. The van der Waals surface area contributed by atoms with Gasteiger partial charge in [-0.3, -0.25) is 0 Å². The van der Waals surface area contributed by atoms with Crippen LogP contribution in [-0.2, 0) is 0 Å². The van der Waals surface area contributed by atoms with Gasteiger partial charge in [0.05, 0.1) is 12.4 Å². The average molecular weight is 340 g/mol. The Bertz CT molecular complexity index is 643. The van der Waals surface area contributed by atoms with Crippen molar-refractivity contribution in [2.24, 2.45) is 0 Å². The lowest BCUT2D eigenvalue weighted by Gasteiger charge is -2.23. The Balaban J connectivity index is 1.52. The zero-order valence-electron chi connectivity index (χ0n) is 14.9. The molecule has 0 aliphatic heterocycles. The molecule has 3 rings (SSSR count). The monoisotopic (exact) mass is 340 g/mol. The van der Waals surface area contributed by atoms with E-state index in [0.717, 1.165) is 24.1 Å². The maximum absolute atomic E-state index is 12.3. The van der Waals surface area contributed by atoms with Crippen molar-refractivity contribution < 1.29 is 4.79 Å². The molecule has 0 saturated heterocycles. The van der Waals surface area contributed by atoms with E-state index >= 15 is 0 Å². The van der Waals surface area contributed by atoms with E-state index in [1.807, 2.05) is 29.8 Å². The van der Waals surface area contributed by atoms with Crippen LogP contribution in [0.25, 0.3) is 5.69 Å². The van der Waals surface area contributed by atoms with Crippen LogP contribution in [-0.4, -0.2) is 21.6 Å². The first-order chi connectivity index (χ1) is 12.2. The van der Waals surface area contributed by atoms with Crippen LogP contribution in [0.1, 0.15) is 63.5 Å². The first-order valence-electron chi connectivity index (χ1n) is 9.38. The molecule has 0 radical (unpaired) electrons. The standard InChI is InChI=1S/C20H28N4O/c1-16(17-9-11-19(12-10-17)24-14-13-21-15-24)22-20(25)23-18-7-5-3-2-4-6-8-18/h9-16,18H,2-8H2,1H3,(H2,22,23,25). The van der Waals surface area contributed by atoms with E-state index < -0.39 is 0 Å². The van der Waals surface area contributed by atoms with Gasteiger partial charge in [0.1, 0.15) is 0 Å². The van der Waals surface area contributed by atoms with Crippen molar-refractivity contribution in [3.63, 3.8) is 0 Å². The van der Waals surface area contributed by atoms with Gasteiger partial charge in [-0.05, 0) is 37.5 Å². The molecular formula is C20H28N4O. The number of nitrogens with one attached hydrogen (secondary N) is 2. The summed E-state index contributed by atoms with van der Waals surface area (Å²) in [7, 11) is 0. The summed E-state index contributed by atoms with van der Waals surface area (Å²) in [6, 6.07) is 8.42. The lowest BCUT2D eigenvalue weighted by molar-refractivity contribution is 0.231. The molecule has 1 aliphatic carbocycles. The van der Waals surface area contributed by atoms with Crippen molar-refractivity contribution in [2.45, 2.75) is 64.0 Å². The molecule has 2 aromatic rings. The van der Waals surface area contributed by atoms with E-state index in [4.69, 9.17) is 0 Å². The first kappa shape index (κ1) is 17.5. The number of hydrogen-bond donors (Lipinski definition) is 2. The molecule has 0 spiro atoms. The van der Waals surface area contributed by atoms with Crippen LogP contribution in [0.15, 0.2) is 43.0 Å². The van der Waals surface area contributed by atoms with Gasteiger partial charge in [0.15, 0.2) is 0 Å². The van der Waals surface area contributed by atoms with Gasteiger partial charge in [0, 0.05) is 24.1 Å². The molecule has 2 N–H and O–H groups in total. The second kappa shape index (κ2) is 8.70. The van der Waals surface area contributed by atoms with E-state index in [1.54, 1.807) is 12.5 Å². The van der Waals surface area contributed by atoms with Crippen molar-refractivity contribution in [2.75, 3.05) is 0 Å². The Kier molecular flexibility index (Phi) is 6.09. The topological polar surface area (TPSA) is 59.0 Å². The molecule has 1 aromatic heterocycles. The highest BCUT2D eigenvalue weighted by Gasteiger charge is 2.15. The lowest BCUT2D eigenvalue weighted by atomic mass is 9.97. The predicted octanol–water partition coefficient (Wildman–Crippen LogP) is 4.35. The van der Waals surface area contributed by atoms with E-state index in [0.29, 0.717) is 6.04 Å². The first-order valence-corrected chi connectivity index (χ1v) is 9.38. The number of aromatic nitrogens is 2. The molecule has 1 aliphatic rings. The van der Waals surface area contributed by atoms with Gasteiger partial charge < -0.3 is 15.2 Å². The zero-order valence-corrected chi connectivity index (χ0v) is 14.9. The Labute approximate surface area is 149 Å². The van der Waals surface area contributed by atoms with Gasteiger partial charge in [-0.15, -0.1) is 0 Å². The number of rotatable bonds is 4. The lowest BCUT2D eigenvalue weighted by Crippen LogP contribution is -2.43. The van der Waals surface area contributed by atoms with E-state index in [-0.39, 0.29) is 12.1 Å². The molecule has 1 fully saturated rings. The third-order valence-corrected chi connectivity index (χ3v) is 4.98. The smallest absolute Gasteiger partial charge is 0.315 e. The summed E-state index contributed by atoms with van der Waals surface area (Å²) < 4.78 is 1.96. The summed E-state index contributed by atoms with van der Waals surface area (Å²) in [6.45, 7) is 2.02. The minimum Gasteiger partial charge on any atom is -0.335 e. The van der Waals surface area contributed by atoms with Gasteiger partial charge >= 0.3 is 6.03 Å². The fourth-order valence-corrected chi connectivity index (χ4v) is 3.45. The third kappa shape index (κ3) is 5.08. The van der Waals surface area contributed by atoms with Crippen molar-refractivity contribution in [1.82, 2.24) is 20.2 Å². The van der Waals surface area contributed by atoms with Gasteiger partial charge in [-0.25, -0.2) is 9.78 Å². The van der Waals surface area contributed by atoms with E-state index in [1.165, 1.54) is 32.1 Å². The van der Waals surface area contributed by atoms with Crippen LogP contribution < -0.4 is 10.6 Å². The van der Waals surface area contributed by atoms with Crippen LogP contribution in [0.4, 0.5) is 4.79 Å². The maximum atomic E-state index is 12.3. The summed E-state index contributed by atoms with van der Waals surface area (Å²) in [5, 5.41) is 6.22. The van der Waals surface area contributed by atoms with Gasteiger partial charge in [0.25, 0.3) is 0 Å². The maximum Gasteiger partial charge on any atom is 0.315 e. The number of carbonyl (C=O) groups excluding carboxylic acids is 1. The Morgan fingerprint density at radius 1 is 1.12 bits per heavy atom. The second-order valence-electron chi connectivity index (χ2n) is 6.94. The van der Waals surface area contributed by atoms with Gasteiger partial charge in [0.2, 0.25) is 0 Å². The quantitative estimate of drug-likeness (QED) is 0.869. The van der Waals surface area contributed by atoms with Gasteiger partial charge in [-0.2, -0.15) is 0 Å². The minimum atomic E-state index is -0.0586. The predicted molar refractivity (Wildman–Crippen MR) is 99.8 cm³/mol. The highest BCUT2D eigenvalue weighted by molar-refractivity contribution is 5.74. The zero-order chi connectivity index (χ0) is 17.5. The molecular weight excluding hydrogens is 312 g/mol. The van der Waals surface area contributed by atoms with E-state index in [9.17, 15) is 4.79 Å². The highest BCUT2D eigenvalue weighted by Crippen LogP contribution is 2.18. The summed E-state index contributed by atoms with van der Waals surface area (Å²) in [6.07, 6.45) is 14.0. The summed E-state index contributed by atoms with van der Waals surface area (Å²) >= 11 is 0. The molecule has 2 amide bonds. The van der Waals surface area contributed by atoms with Crippen LogP contribution in [0.3, 0.4) is 0 Å². The van der Waals surface area contributed by atoms with Crippen molar-refractivity contribution in [1.29, 1.82) is 0 Å². The van der Waals surface area contributed by atoms with Crippen molar-refractivity contribution >= 4 is 6.03 Å². The second-order valence-corrected chi connectivity index (χ2v) is 6.94. The molecule has 1 saturated carbocycles. The molecule has 0 bridgehead atoms. The van der Waals surface area contributed by atoms with Crippen molar-refractivity contribution in [3.05, 3.63) is 48.5 Å². The molecule has 5 nitrogen and oxygen atoms in total.